The van der Waals surface area contributed by atoms with E-state index >= 15 is 0 Å². The van der Waals surface area contributed by atoms with E-state index in [4.69, 9.17) is 16.3 Å². The van der Waals surface area contributed by atoms with Gasteiger partial charge in [-0.15, -0.1) is 0 Å². The third kappa shape index (κ3) is 2.10. The molecule has 0 aliphatic carbocycles. The summed E-state index contributed by atoms with van der Waals surface area (Å²) < 4.78 is 7.20. The van der Waals surface area contributed by atoms with Crippen LogP contribution in [0.15, 0.2) is 23.1 Å². The van der Waals surface area contributed by atoms with Gasteiger partial charge in [0, 0.05) is 0 Å². The first-order valence-electron chi connectivity index (χ1n) is 3.98. The van der Waals surface area contributed by atoms with E-state index in [-0.39, 0.29) is 0 Å². The lowest BCUT2D eigenvalue weighted by Crippen LogP contribution is -2.02. The summed E-state index contributed by atoms with van der Waals surface area (Å²) in [4.78, 5) is 8.21. The molecular weight excluding hydrogens is 283 g/mol. The van der Waals surface area contributed by atoms with Crippen LogP contribution in [0.3, 0.4) is 0 Å². The Morgan fingerprint density at radius 3 is 2.87 bits per heavy atom. The van der Waals surface area contributed by atoms with E-state index in [1.807, 2.05) is 0 Å². The predicted molar refractivity (Wildman–Crippen MR) is 58.4 cm³/mol. The summed E-state index contributed by atoms with van der Waals surface area (Å²) in [5, 5.41) is 4.51. The van der Waals surface area contributed by atoms with Crippen LogP contribution < -0.4 is 4.74 Å². The maximum atomic E-state index is 5.74. The minimum Gasteiger partial charge on any atom is -0.480 e. The lowest BCUT2D eigenvalue weighted by Gasteiger charge is -2.03. The van der Waals surface area contributed by atoms with Crippen LogP contribution >= 0.6 is 27.5 Å². The van der Waals surface area contributed by atoms with Crippen LogP contribution in [0.1, 0.15) is 0 Å². The highest BCUT2D eigenvalue weighted by Crippen LogP contribution is 2.21. The van der Waals surface area contributed by atoms with Crippen LogP contribution in [0.4, 0.5) is 0 Å². The molecule has 0 aromatic carbocycles. The molecule has 0 aliphatic heterocycles. The first-order valence-corrected chi connectivity index (χ1v) is 5.15. The Bertz CT molecular complexity index is 487. The molecule has 15 heavy (non-hydrogen) atoms. The van der Waals surface area contributed by atoms with Crippen LogP contribution in [0.25, 0.3) is 5.95 Å². The van der Waals surface area contributed by atoms with Crippen molar-refractivity contribution in [2.24, 2.45) is 0 Å². The zero-order valence-electron chi connectivity index (χ0n) is 7.69. The zero-order valence-corrected chi connectivity index (χ0v) is 10.0. The van der Waals surface area contributed by atoms with E-state index < -0.39 is 0 Å². The van der Waals surface area contributed by atoms with Crippen molar-refractivity contribution >= 4 is 27.5 Å². The maximum Gasteiger partial charge on any atom is 0.253 e. The van der Waals surface area contributed by atoms with Crippen LogP contribution in [0.2, 0.25) is 5.02 Å². The SMILES string of the molecule is COc1nc(-n2cc(Cl)cn2)ncc1Br. The Hall–Kier alpha value is -1.14. The quantitative estimate of drug-likeness (QED) is 0.849. The van der Waals surface area contributed by atoms with Crippen LogP contribution in [-0.4, -0.2) is 26.9 Å². The van der Waals surface area contributed by atoms with Crippen molar-refractivity contribution < 1.29 is 4.74 Å². The van der Waals surface area contributed by atoms with E-state index in [2.05, 4.69) is 31.0 Å². The molecule has 0 unspecified atom stereocenters. The summed E-state index contributed by atoms with van der Waals surface area (Å²) >= 11 is 9.00. The van der Waals surface area contributed by atoms with Crippen molar-refractivity contribution in [2.45, 2.75) is 0 Å². The van der Waals surface area contributed by atoms with Crippen molar-refractivity contribution in [1.82, 2.24) is 19.7 Å². The molecule has 2 aromatic heterocycles. The molecule has 2 rings (SSSR count). The number of halogens is 2. The highest BCUT2D eigenvalue weighted by molar-refractivity contribution is 9.10. The van der Waals surface area contributed by atoms with Gasteiger partial charge in [0.05, 0.1) is 35.2 Å². The summed E-state index contributed by atoms with van der Waals surface area (Å²) in [6, 6.07) is 0. The van der Waals surface area contributed by atoms with E-state index in [0.29, 0.717) is 21.3 Å². The van der Waals surface area contributed by atoms with Gasteiger partial charge in [-0.05, 0) is 15.9 Å². The topological polar surface area (TPSA) is 52.8 Å². The van der Waals surface area contributed by atoms with Crippen molar-refractivity contribution in [2.75, 3.05) is 7.11 Å². The van der Waals surface area contributed by atoms with Gasteiger partial charge in [-0.3, -0.25) is 0 Å². The fourth-order valence-corrected chi connectivity index (χ4v) is 1.50. The predicted octanol–water partition coefficient (Wildman–Crippen LogP) is 2.09. The summed E-state index contributed by atoms with van der Waals surface area (Å²) in [7, 11) is 1.53. The first kappa shape index (κ1) is 10.4. The summed E-state index contributed by atoms with van der Waals surface area (Å²) in [6.45, 7) is 0. The summed E-state index contributed by atoms with van der Waals surface area (Å²) in [5.74, 6) is 0.855. The Kier molecular flexibility index (Phi) is 2.88. The Labute approximate surface area is 99.2 Å². The molecule has 0 spiro atoms. The Morgan fingerprint density at radius 1 is 1.47 bits per heavy atom. The normalized spacial score (nSPS) is 10.3. The number of hydrogen-bond acceptors (Lipinski definition) is 4. The van der Waals surface area contributed by atoms with Gasteiger partial charge in [0.25, 0.3) is 5.95 Å². The molecule has 5 nitrogen and oxygen atoms in total. The number of hydrogen-bond donors (Lipinski definition) is 0. The van der Waals surface area contributed by atoms with E-state index in [1.165, 1.54) is 18.0 Å². The average molecular weight is 290 g/mol. The molecule has 78 valence electrons. The van der Waals surface area contributed by atoms with Crippen molar-refractivity contribution in [3.8, 4) is 11.8 Å². The standard InChI is InChI=1S/C8H6BrClN4O/c1-15-7-6(9)3-11-8(13-7)14-4-5(10)2-12-14/h2-4H,1H3. The second kappa shape index (κ2) is 4.16. The molecule has 0 radical (unpaired) electrons. The van der Waals surface area contributed by atoms with Crippen molar-refractivity contribution in [1.29, 1.82) is 0 Å². The van der Waals surface area contributed by atoms with Gasteiger partial charge in [-0.2, -0.15) is 10.1 Å². The monoisotopic (exact) mass is 288 g/mol. The maximum absolute atomic E-state index is 5.74. The highest BCUT2D eigenvalue weighted by atomic mass is 79.9. The summed E-state index contributed by atoms with van der Waals surface area (Å²) in [6.07, 6.45) is 4.72. The molecule has 2 aromatic rings. The average Bonchev–Trinajstić information content (AvgIpc) is 2.66. The molecule has 0 saturated carbocycles. The van der Waals surface area contributed by atoms with Crippen LogP contribution in [0.5, 0.6) is 5.88 Å². The van der Waals surface area contributed by atoms with Gasteiger partial charge in [0.2, 0.25) is 5.88 Å². The number of rotatable bonds is 2. The van der Waals surface area contributed by atoms with E-state index in [9.17, 15) is 0 Å². The number of aromatic nitrogens is 4. The van der Waals surface area contributed by atoms with Gasteiger partial charge in [-0.25, -0.2) is 9.67 Å². The largest absolute Gasteiger partial charge is 0.480 e. The molecule has 0 aliphatic rings. The lowest BCUT2D eigenvalue weighted by atomic mass is 10.6. The molecule has 0 bridgehead atoms. The number of nitrogens with zero attached hydrogens (tertiary/aromatic N) is 4. The van der Waals surface area contributed by atoms with Crippen molar-refractivity contribution in [3.63, 3.8) is 0 Å². The van der Waals surface area contributed by atoms with Gasteiger partial charge >= 0.3 is 0 Å². The first-order chi connectivity index (χ1) is 7.20. The molecule has 0 amide bonds. The van der Waals surface area contributed by atoms with Gasteiger partial charge in [0.1, 0.15) is 0 Å². The number of methoxy groups -OCH3 is 1. The molecule has 2 heterocycles. The second-order valence-electron chi connectivity index (χ2n) is 2.63. The third-order valence-electron chi connectivity index (χ3n) is 1.65. The highest BCUT2D eigenvalue weighted by Gasteiger charge is 2.07. The Morgan fingerprint density at radius 2 is 2.27 bits per heavy atom. The number of ether oxygens (including phenoxy) is 1. The van der Waals surface area contributed by atoms with Crippen LogP contribution in [-0.2, 0) is 0 Å². The molecule has 0 saturated heterocycles. The van der Waals surface area contributed by atoms with E-state index in [0.717, 1.165) is 0 Å². The fourth-order valence-electron chi connectivity index (χ4n) is 1.01. The molecule has 0 N–H and O–H groups in total. The van der Waals surface area contributed by atoms with Gasteiger partial charge in [-0.1, -0.05) is 11.6 Å². The minimum atomic E-state index is 0.405. The Balaban J connectivity index is 2.45. The zero-order chi connectivity index (χ0) is 10.8. The lowest BCUT2D eigenvalue weighted by molar-refractivity contribution is 0.392. The fraction of sp³-hybridized carbons (Fsp3) is 0.125. The van der Waals surface area contributed by atoms with Gasteiger partial charge < -0.3 is 4.74 Å². The molecule has 0 atom stereocenters. The molecule has 0 fully saturated rings. The molecule has 7 heteroatoms. The van der Waals surface area contributed by atoms with Gasteiger partial charge in [0.15, 0.2) is 0 Å². The smallest absolute Gasteiger partial charge is 0.253 e. The van der Waals surface area contributed by atoms with Crippen molar-refractivity contribution in [3.05, 3.63) is 28.1 Å². The van der Waals surface area contributed by atoms with E-state index in [1.54, 1.807) is 12.4 Å². The van der Waals surface area contributed by atoms with Crippen LogP contribution in [0, 0.1) is 0 Å². The molecular formula is C8H6BrClN4O. The summed E-state index contributed by atoms with van der Waals surface area (Å²) in [5.41, 5.74) is 0. The second-order valence-corrected chi connectivity index (χ2v) is 3.92. The third-order valence-corrected chi connectivity index (χ3v) is 2.39. The minimum absolute atomic E-state index is 0.405.